The summed E-state index contributed by atoms with van der Waals surface area (Å²) in [5, 5.41) is 7.49. The monoisotopic (exact) mass is 288 g/mol. The molecule has 2 aromatic rings. The zero-order valence-electron chi connectivity index (χ0n) is 12.0. The Labute approximate surface area is 123 Å². The van der Waals surface area contributed by atoms with E-state index in [-0.39, 0.29) is 6.04 Å². The van der Waals surface area contributed by atoms with E-state index in [2.05, 4.69) is 20.4 Å². The van der Waals surface area contributed by atoms with Crippen LogP contribution >= 0.6 is 0 Å². The van der Waals surface area contributed by atoms with Gasteiger partial charge >= 0.3 is 0 Å². The molecule has 21 heavy (non-hydrogen) atoms. The molecule has 0 bridgehead atoms. The number of hydrogen-bond acceptors (Lipinski definition) is 6. The molecule has 2 aliphatic rings. The van der Waals surface area contributed by atoms with Crippen LogP contribution in [0.25, 0.3) is 11.6 Å². The highest BCUT2D eigenvalue weighted by atomic mass is 16.5. The normalized spacial score (nSPS) is 24.7. The Hall–Kier alpha value is -1.66. The Bertz CT molecular complexity index is 574. The van der Waals surface area contributed by atoms with Gasteiger partial charge in [0.15, 0.2) is 5.76 Å². The number of rotatable bonds is 3. The van der Waals surface area contributed by atoms with Crippen LogP contribution in [0.5, 0.6) is 0 Å². The van der Waals surface area contributed by atoms with Crippen LogP contribution in [-0.2, 0) is 0 Å². The minimum absolute atomic E-state index is 0.268. The van der Waals surface area contributed by atoms with E-state index in [1.807, 2.05) is 12.1 Å². The summed E-state index contributed by atoms with van der Waals surface area (Å²) < 4.78 is 10.8. The maximum atomic E-state index is 5.52. The van der Waals surface area contributed by atoms with Crippen LogP contribution in [0.2, 0.25) is 0 Å². The molecule has 0 saturated carbocycles. The van der Waals surface area contributed by atoms with Crippen molar-refractivity contribution in [1.29, 1.82) is 0 Å². The molecule has 0 amide bonds. The number of piperidine rings is 1. The molecular weight excluding hydrogens is 268 g/mol. The van der Waals surface area contributed by atoms with Gasteiger partial charge in [0.05, 0.1) is 12.3 Å². The second-order valence-electron chi connectivity index (χ2n) is 5.81. The molecule has 0 aromatic carbocycles. The van der Waals surface area contributed by atoms with E-state index in [0.717, 1.165) is 31.9 Å². The Morgan fingerprint density at radius 3 is 2.95 bits per heavy atom. The van der Waals surface area contributed by atoms with E-state index in [0.29, 0.717) is 17.6 Å². The maximum Gasteiger partial charge on any atom is 0.244 e. The van der Waals surface area contributed by atoms with Crippen LogP contribution < -0.4 is 5.32 Å². The number of hydrogen-bond donors (Lipinski definition) is 1. The lowest BCUT2D eigenvalue weighted by atomic mass is 10.0. The van der Waals surface area contributed by atoms with E-state index in [1.165, 1.54) is 19.3 Å². The average Bonchev–Trinajstić information content (AvgIpc) is 3.27. The van der Waals surface area contributed by atoms with Gasteiger partial charge in [0.25, 0.3) is 0 Å². The molecule has 1 unspecified atom stereocenters. The van der Waals surface area contributed by atoms with Gasteiger partial charge in [-0.1, -0.05) is 5.16 Å². The molecule has 1 N–H and O–H groups in total. The third kappa shape index (κ3) is 2.49. The summed E-state index contributed by atoms with van der Waals surface area (Å²) in [6.07, 6.45) is 6.34. The van der Waals surface area contributed by atoms with Crippen molar-refractivity contribution in [2.24, 2.45) is 0 Å². The second kappa shape index (κ2) is 5.61. The smallest absolute Gasteiger partial charge is 0.244 e. The van der Waals surface area contributed by atoms with Gasteiger partial charge in [-0.15, -0.1) is 0 Å². The molecule has 2 saturated heterocycles. The van der Waals surface area contributed by atoms with Crippen LogP contribution in [0, 0.1) is 0 Å². The van der Waals surface area contributed by atoms with Crippen molar-refractivity contribution in [1.82, 2.24) is 20.4 Å². The van der Waals surface area contributed by atoms with Crippen molar-refractivity contribution in [2.75, 3.05) is 19.6 Å². The van der Waals surface area contributed by atoms with Crippen LogP contribution in [0.4, 0.5) is 0 Å². The summed E-state index contributed by atoms with van der Waals surface area (Å²) in [6, 6.07) is 4.60. The van der Waals surface area contributed by atoms with Gasteiger partial charge in [-0.25, -0.2) is 0 Å². The number of aromatic nitrogens is 2. The van der Waals surface area contributed by atoms with Gasteiger partial charge < -0.3 is 14.3 Å². The Kier molecular flexibility index (Phi) is 3.48. The van der Waals surface area contributed by atoms with E-state index < -0.39 is 0 Å². The lowest BCUT2D eigenvalue weighted by Crippen LogP contribution is -2.42. The minimum atomic E-state index is 0.268. The number of likely N-dealkylation sites (tertiary alicyclic amines) is 1. The fourth-order valence-corrected chi connectivity index (χ4v) is 3.51. The summed E-state index contributed by atoms with van der Waals surface area (Å²) in [5.41, 5.74) is 0. The molecule has 4 rings (SSSR count). The fourth-order valence-electron chi connectivity index (χ4n) is 3.51. The molecule has 0 spiro atoms. The maximum absolute atomic E-state index is 5.52. The predicted molar refractivity (Wildman–Crippen MR) is 76.6 cm³/mol. The number of nitrogens with zero attached hydrogens (tertiary/aromatic N) is 3. The summed E-state index contributed by atoms with van der Waals surface area (Å²) in [6.45, 7) is 3.35. The Balaban J connectivity index is 1.54. The second-order valence-corrected chi connectivity index (χ2v) is 5.81. The SMILES string of the molecule is c1coc(-c2noc(C3CCCN3C3CCNCC3)n2)c1. The number of nitrogens with one attached hydrogen (secondary N) is 1. The van der Waals surface area contributed by atoms with E-state index >= 15 is 0 Å². The topological polar surface area (TPSA) is 67.3 Å². The first-order chi connectivity index (χ1) is 10.4. The molecule has 6 nitrogen and oxygen atoms in total. The fraction of sp³-hybridized carbons (Fsp3) is 0.600. The summed E-state index contributed by atoms with van der Waals surface area (Å²) in [4.78, 5) is 7.11. The third-order valence-electron chi connectivity index (χ3n) is 4.54. The van der Waals surface area contributed by atoms with Gasteiger partial charge in [-0.3, -0.25) is 4.90 Å². The quantitative estimate of drug-likeness (QED) is 0.934. The molecule has 1 atom stereocenters. The highest BCUT2D eigenvalue weighted by molar-refractivity contribution is 5.44. The zero-order valence-corrected chi connectivity index (χ0v) is 12.0. The third-order valence-corrected chi connectivity index (χ3v) is 4.54. The van der Waals surface area contributed by atoms with Crippen LogP contribution in [0.15, 0.2) is 27.3 Å². The minimum Gasteiger partial charge on any atom is -0.461 e. The van der Waals surface area contributed by atoms with Crippen molar-refractivity contribution in [3.63, 3.8) is 0 Å². The van der Waals surface area contributed by atoms with Crippen LogP contribution in [-0.4, -0.2) is 40.7 Å². The van der Waals surface area contributed by atoms with Crippen molar-refractivity contribution >= 4 is 0 Å². The van der Waals surface area contributed by atoms with Gasteiger partial charge in [-0.05, 0) is 57.5 Å². The van der Waals surface area contributed by atoms with Crippen molar-refractivity contribution in [3.8, 4) is 11.6 Å². The highest BCUT2D eigenvalue weighted by Gasteiger charge is 2.35. The van der Waals surface area contributed by atoms with Crippen molar-refractivity contribution in [2.45, 2.75) is 37.8 Å². The molecule has 4 heterocycles. The van der Waals surface area contributed by atoms with Crippen molar-refractivity contribution in [3.05, 3.63) is 24.3 Å². The van der Waals surface area contributed by atoms with Crippen LogP contribution in [0.1, 0.15) is 37.6 Å². The molecule has 2 fully saturated rings. The number of furan rings is 1. The van der Waals surface area contributed by atoms with Gasteiger partial charge in [0.2, 0.25) is 11.7 Å². The lowest BCUT2D eigenvalue weighted by Gasteiger charge is -2.34. The zero-order chi connectivity index (χ0) is 14.1. The molecule has 2 aliphatic heterocycles. The van der Waals surface area contributed by atoms with Crippen LogP contribution in [0.3, 0.4) is 0 Å². The first-order valence-electron chi connectivity index (χ1n) is 7.76. The summed E-state index contributed by atoms with van der Waals surface area (Å²) in [5.74, 6) is 1.95. The Morgan fingerprint density at radius 2 is 2.14 bits per heavy atom. The molecule has 0 radical (unpaired) electrons. The predicted octanol–water partition coefficient (Wildman–Crippen LogP) is 2.22. The van der Waals surface area contributed by atoms with Crippen molar-refractivity contribution < 1.29 is 8.94 Å². The molecule has 0 aliphatic carbocycles. The first-order valence-corrected chi connectivity index (χ1v) is 7.76. The molecule has 2 aromatic heterocycles. The van der Waals surface area contributed by atoms with E-state index in [1.54, 1.807) is 6.26 Å². The summed E-state index contributed by atoms with van der Waals surface area (Å²) in [7, 11) is 0. The molecule has 6 heteroatoms. The summed E-state index contributed by atoms with van der Waals surface area (Å²) >= 11 is 0. The van der Waals surface area contributed by atoms with E-state index in [4.69, 9.17) is 8.94 Å². The first kappa shape index (κ1) is 13.0. The van der Waals surface area contributed by atoms with Gasteiger partial charge in [-0.2, -0.15) is 4.98 Å². The molecular formula is C15H20N4O2. The highest BCUT2D eigenvalue weighted by Crippen LogP contribution is 2.35. The largest absolute Gasteiger partial charge is 0.461 e. The lowest BCUT2D eigenvalue weighted by molar-refractivity contribution is 0.126. The van der Waals surface area contributed by atoms with E-state index in [9.17, 15) is 0 Å². The van der Waals surface area contributed by atoms with Gasteiger partial charge in [0, 0.05) is 6.04 Å². The van der Waals surface area contributed by atoms with Gasteiger partial charge in [0.1, 0.15) is 0 Å². The molecule has 112 valence electrons. The standard InChI is InChI=1S/C15H20N4O2/c1-3-12(19(9-1)11-5-7-16-8-6-11)15-17-14(18-21-15)13-4-2-10-20-13/h2,4,10-12,16H,1,3,5-9H2. The average molecular weight is 288 g/mol. The Morgan fingerprint density at radius 1 is 1.24 bits per heavy atom.